The first-order valence-corrected chi connectivity index (χ1v) is 5.13. The van der Waals surface area contributed by atoms with Crippen LogP contribution in [0, 0.1) is 0 Å². The number of rotatable bonds is 7. The minimum Gasteiger partial charge on any atom is -0.330 e. The van der Waals surface area contributed by atoms with E-state index in [-0.39, 0.29) is 0 Å². The highest BCUT2D eigenvalue weighted by Crippen LogP contribution is 2.02. The molecule has 3 nitrogen and oxygen atoms in total. The lowest BCUT2D eigenvalue weighted by atomic mass is 10.1. The number of hydrogen-bond donors (Lipinski definition) is 1. The summed E-state index contributed by atoms with van der Waals surface area (Å²) in [6.07, 6.45) is 2.34. The summed E-state index contributed by atoms with van der Waals surface area (Å²) in [5.41, 5.74) is 5.47. The van der Waals surface area contributed by atoms with E-state index in [1.54, 1.807) is 0 Å². The van der Waals surface area contributed by atoms with Gasteiger partial charge in [-0.25, -0.2) is 0 Å². The first-order chi connectivity index (χ1) is 6.07. The topological polar surface area (TPSA) is 32.5 Å². The van der Waals surface area contributed by atoms with E-state index in [1.807, 2.05) is 0 Å². The Morgan fingerprint density at radius 1 is 1.15 bits per heavy atom. The molecule has 0 aromatic rings. The molecule has 0 aliphatic carbocycles. The molecule has 0 spiro atoms. The summed E-state index contributed by atoms with van der Waals surface area (Å²) in [4.78, 5) is 4.61. The molecule has 1 unspecified atom stereocenters. The molecule has 80 valence electrons. The van der Waals surface area contributed by atoms with Crippen LogP contribution in [0.15, 0.2) is 0 Å². The lowest BCUT2D eigenvalue weighted by Crippen LogP contribution is -2.35. The van der Waals surface area contributed by atoms with E-state index in [0.717, 1.165) is 26.1 Å². The van der Waals surface area contributed by atoms with Crippen LogP contribution in [0.3, 0.4) is 0 Å². The maximum Gasteiger partial charge on any atom is 0.0109 e. The van der Waals surface area contributed by atoms with Crippen LogP contribution in [-0.4, -0.2) is 56.6 Å². The second kappa shape index (κ2) is 7.30. The van der Waals surface area contributed by atoms with Crippen LogP contribution in [0.5, 0.6) is 0 Å². The molecule has 0 radical (unpaired) electrons. The first kappa shape index (κ1) is 12.9. The van der Waals surface area contributed by atoms with Crippen molar-refractivity contribution in [1.82, 2.24) is 9.80 Å². The quantitative estimate of drug-likeness (QED) is 0.634. The van der Waals surface area contributed by atoms with E-state index in [0.29, 0.717) is 6.04 Å². The molecule has 1 atom stereocenters. The molecule has 0 saturated heterocycles. The highest BCUT2D eigenvalue weighted by molar-refractivity contribution is 4.64. The van der Waals surface area contributed by atoms with Crippen LogP contribution in [0.1, 0.15) is 19.8 Å². The Morgan fingerprint density at radius 3 is 2.23 bits per heavy atom. The average Bonchev–Trinajstić information content (AvgIpc) is 2.10. The maximum atomic E-state index is 5.47. The molecule has 0 heterocycles. The molecule has 0 rings (SSSR count). The number of nitrogens with zero attached hydrogens (tertiary/aromatic N) is 2. The fourth-order valence-corrected chi connectivity index (χ4v) is 1.21. The van der Waals surface area contributed by atoms with Crippen LogP contribution in [0.4, 0.5) is 0 Å². The van der Waals surface area contributed by atoms with Gasteiger partial charge in [0.15, 0.2) is 0 Å². The zero-order chi connectivity index (χ0) is 10.3. The van der Waals surface area contributed by atoms with Gasteiger partial charge in [0.1, 0.15) is 0 Å². The molecular weight excluding hydrogens is 162 g/mol. The summed E-state index contributed by atoms with van der Waals surface area (Å²) in [5, 5.41) is 0. The second-order valence-electron chi connectivity index (χ2n) is 4.06. The summed E-state index contributed by atoms with van der Waals surface area (Å²) in [5.74, 6) is 0. The van der Waals surface area contributed by atoms with Crippen LogP contribution in [0.2, 0.25) is 0 Å². The molecule has 0 aliphatic rings. The Bertz CT molecular complexity index is 115. The van der Waals surface area contributed by atoms with E-state index in [2.05, 4.69) is 37.9 Å². The molecule has 13 heavy (non-hydrogen) atoms. The third-order valence-electron chi connectivity index (χ3n) is 2.48. The van der Waals surface area contributed by atoms with Crippen molar-refractivity contribution in [2.75, 3.05) is 40.8 Å². The SMILES string of the molecule is CC(CCCN)N(C)CCN(C)C. The Hall–Kier alpha value is -0.120. The smallest absolute Gasteiger partial charge is 0.0109 e. The zero-order valence-electron chi connectivity index (χ0n) is 9.58. The van der Waals surface area contributed by atoms with E-state index in [9.17, 15) is 0 Å². The molecular formula is C10H25N3. The highest BCUT2D eigenvalue weighted by Gasteiger charge is 2.07. The normalized spacial score (nSPS) is 14.1. The minimum atomic E-state index is 0.656. The molecule has 0 aromatic carbocycles. The Balaban J connectivity index is 3.50. The first-order valence-electron chi connectivity index (χ1n) is 5.13. The van der Waals surface area contributed by atoms with Gasteiger partial charge in [-0.15, -0.1) is 0 Å². The summed E-state index contributed by atoms with van der Waals surface area (Å²) >= 11 is 0. The van der Waals surface area contributed by atoms with Gasteiger partial charge >= 0.3 is 0 Å². The Labute approximate surface area is 82.9 Å². The largest absolute Gasteiger partial charge is 0.330 e. The fourth-order valence-electron chi connectivity index (χ4n) is 1.21. The van der Waals surface area contributed by atoms with Crippen LogP contribution >= 0.6 is 0 Å². The molecule has 0 bridgehead atoms. The lowest BCUT2D eigenvalue weighted by Gasteiger charge is -2.25. The monoisotopic (exact) mass is 187 g/mol. The van der Waals surface area contributed by atoms with Crippen LogP contribution in [-0.2, 0) is 0 Å². The Kier molecular flexibility index (Phi) is 7.23. The average molecular weight is 187 g/mol. The van der Waals surface area contributed by atoms with E-state index >= 15 is 0 Å². The van der Waals surface area contributed by atoms with Gasteiger partial charge in [0.05, 0.1) is 0 Å². The van der Waals surface area contributed by atoms with Crippen LogP contribution in [0.25, 0.3) is 0 Å². The third-order valence-corrected chi connectivity index (χ3v) is 2.48. The van der Waals surface area contributed by atoms with Crippen molar-refractivity contribution in [3.8, 4) is 0 Å². The van der Waals surface area contributed by atoms with Gasteiger partial charge in [-0.3, -0.25) is 0 Å². The van der Waals surface area contributed by atoms with Crippen molar-refractivity contribution in [1.29, 1.82) is 0 Å². The molecule has 0 saturated carbocycles. The highest BCUT2D eigenvalue weighted by atomic mass is 15.2. The van der Waals surface area contributed by atoms with Gasteiger partial charge in [0.2, 0.25) is 0 Å². The fraction of sp³-hybridized carbons (Fsp3) is 1.00. The van der Waals surface area contributed by atoms with Crippen molar-refractivity contribution in [3.63, 3.8) is 0 Å². The third kappa shape index (κ3) is 6.99. The minimum absolute atomic E-state index is 0.656. The predicted molar refractivity (Wildman–Crippen MR) is 58.9 cm³/mol. The van der Waals surface area contributed by atoms with Gasteiger partial charge in [-0.05, 0) is 47.5 Å². The second-order valence-corrected chi connectivity index (χ2v) is 4.06. The van der Waals surface area contributed by atoms with Crippen LogP contribution < -0.4 is 5.73 Å². The lowest BCUT2D eigenvalue weighted by molar-refractivity contribution is 0.218. The van der Waals surface area contributed by atoms with Gasteiger partial charge in [-0.2, -0.15) is 0 Å². The van der Waals surface area contributed by atoms with Crippen molar-refractivity contribution in [2.45, 2.75) is 25.8 Å². The molecule has 2 N–H and O–H groups in total. The van der Waals surface area contributed by atoms with E-state index in [4.69, 9.17) is 5.73 Å². The molecule has 0 fully saturated rings. The summed E-state index contributed by atoms with van der Waals surface area (Å²) in [7, 11) is 6.40. The molecule has 0 amide bonds. The van der Waals surface area contributed by atoms with E-state index < -0.39 is 0 Å². The summed E-state index contributed by atoms with van der Waals surface area (Å²) in [6, 6.07) is 0.656. The van der Waals surface area contributed by atoms with Crippen molar-refractivity contribution < 1.29 is 0 Å². The summed E-state index contributed by atoms with van der Waals surface area (Å²) < 4.78 is 0. The molecule has 0 aromatic heterocycles. The molecule has 0 aliphatic heterocycles. The standard InChI is InChI=1S/C10H25N3/c1-10(6-5-7-11)13(4)9-8-12(2)3/h10H,5-9,11H2,1-4H3. The molecule has 3 heteroatoms. The number of nitrogens with two attached hydrogens (primary N) is 1. The number of hydrogen-bond acceptors (Lipinski definition) is 3. The van der Waals surface area contributed by atoms with Gasteiger partial charge in [0.25, 0.3) is 0 Å². The summed E-state index contributed by atoms with van der Waals surface area (Å²) in [6.45, 7) is 5.35. The van der Waals surface area contributed by atoms with Crippen molar-refractivity contribution in [2.24, 2.45) is 5.73 Å². The van der Waals surface area contributed by atoms with Crippen molar-refractivity contribution in [3.05, 3.63) is 0 Å². The zero-order valence-corrected chi connectivity index (χ0v) is 9.58. The van der Waals surface area contributed by atoms with Crippen molar-refractivity contribution >= 4 is 0 Å². The predicted octanol–water partition coefficient (Wildman–Crippen LogP) is 0.607. The van der Waals surface area contributed by atoms with Gasteiger partial charge < -0.3 is 15.5 Å². The Morgan fingerprint density at radius 2 is 1.77 bits per heavy atom. The van der Waals surface area contributed by atoms with Gasteiger partial charge in [0, 0.05) is 19.1 Å². The van der Waals surface area contributed by atoms with Gasteiger partial charge in [-0.1, -0.05) is 0 Å². The van der Waals surface area contributed by atoms with E-state index in [1.165, 1.54) is 6.42 Å². The maximum absolute atomic E-state index is 5.47. The number of likely N-dealkylation sites (N-methyl/N-ethyl adjacent to an activating group) is 2.